The SMILES string of the molecule is Nc1cc2c(Nc3ccc(Oc4ccccn4)cc3)ccnc2s1. The van der Waals surface area contributed by atoms with Crippen LogP contribution in [-0.2, 0) is 0 Å². The van der Waals surface area contributed by atoms with Gasteiger partial charge >= 0.3 is 0 Å². The molecule has 4 rings (SSSR count). The summed E-state index contributed by atoms with van der Waals surface area (Å²) in [6.45, 7) is 0. The van der Waals surface area contributed by atoms with Crippen LogP contribution in [0.4, 0.5) is 16.4 Å². The van der Waals surface area contributed by atoms with Gasteiger partial charge in [-0.1, -0.05) is 17.4 Å². The molecule has 5 nitrogen and oxygen atoms in total. The minimum Gasteiger partial charge on any atom is -0.439 e. The normalized spacial score (nSPS) is 10.7. The molecule has 0 fully saturated rings. The van der Waals surface area contributed by atoms with Gasteiger partial charge in [0.15, 0.2) is 0 Å². The molecule has 3 N–H and O–H groups in total. The molecule has 4 aromatic rings. The van der Waals surface area contributed by atoms with E-state index in [0.29, 0.717) is 5.88 Å². The number of anilines is 3. The second kappa shape index (κ2) is 6.17. The van der Waals surface area contributed by atoms with Crippen LogP contribution in [-0.4, -0.2) is 9.97 Å². The number of nitrogens with zero attached hydrogens (tertiary/aromatic N) is 2. The second-order valence-corrected chi connectivity index (χ2v) is 6.21. The van der Waals surface area contributed by atoms with E-state index in [1.165, 1.54) is 11.3 Å². The van der Waals surface area contributed by atoms with Gasteiger partial charge in [-0.15, -0.1) is 0 Å². The van der Waals surface area contributed by atoms with Crippen molar-refractivity contribution in [1.29, 1.82) is 0 Å². The van der Waals surface area contributed by atoms with Crippen LogP contribution in [0.1, 0.15) is 0 Å². The molecule has 0 saturated heterocycles. The molecule has 0 aliphatic carbocycles. The van der Waals surface area contributed by atoms with Gasteiger partial charge in [-0.3, -0.25) is 0 Å². The highest BCUT2D eigenvalue weighted by Gasteiger charge is 2.06. The Bertz CT molecular complexity index is 967. The highest BCUT2D eigenvalue weighted by Crippen LogP contribution is 2.33. The summed E-state index contributed by atoms with van der Waals surface area (Å²) in [6.07, 6.45) is 3.48. The molecule has 0 saturated carbocycles. The number of pyridine rings is 2. The molecular weight excluding hydrogens is 320 g/mol. The number of rotatable bonds is 4. The quantitative estimate of drug-likeness (QED) is 0.560. The zero-order chi connectivity index (χ0) is 16.4. The van der Waals surface area contributed by atoms with Gasteiger partial charge in [0.25, 0.3) is 0 Å². The molecule has 0 radical (unpaired) electrons. The van der Waals surface area contributed by atoms with Gasteiger partial charge in [-0.05, 0) is 42.5 Å². The number of hydrogen-bond acceptors (Lipinski definition) is 6. The fourth-order valence-corrected chi connectivity index (χ4v) is 3.15. The van der Waals surface area contributed by atoms with Crippen LogP contribution < -0.4 is 15.8 Å². The van der Waals surface area contributed by atoms with Crippen molar-refractivity contribution in [3.05, 3.63) is 67.0 Å². The minimum atomic E-state index is 0.572. The Hall–Kier alpha value is -3.12. The van der Waals surface area contributed by atoms with Crippen molar-refractivity contribution < 1.29 is 4.74 Å². The van der Waals surface area contributed by atoms with Crippen LogP contribution in [0.2, 0.25) is 0 Å². The number of ether oxygens (including phenoxy) is 1. The molecule has 0 amide bonds. The zero-order valence-electron chi connectivity index (χ0n) is 12.6. The fourth-order valence-electron chi connectivity index (χ4n) is 2.36. The molecule has 3 aromatic heterocycles. The maximum absolute atomic E-state index is 5.87. The van der Waals surface area contributed by atoms with Crippen molar-refractivity contribution in [2.75, 3.05) is 11.1 Å². The molecule has 118 valence electrons. The monoisotopic (exact) mass is 334 g/mol. The van der Waals surface area contributed by atoms with Gasteiger partial charge in [-0.25, -0.2) is 9.97 Å². The van der Waals surface area contributed by atoms with Crippen LogP contribution >= 0.6 is 11.3 Å². The summed E-state index contributed by atoms with van der Waals surface area (Å²) in [7, 11) is 0. The van der Waals surface area contributed by atoms with E-state index >= 15 is 0 Å². The lowest BCUT2D eigenvalue weighted by Gasteiger charge is -2.09. The molecular formula is C18H14N4OS. The first-order valence-electron chi connectivity index (χ1n) is 7.38. The van der Waals surface area contributed by atoms with Crippen molar-refractivity contribution in [1.82, 2.24) is 9.97 Å². The summed E-state index contributed by atoms with van der Waals surface area (Å²) in [6, 6.07) is 17.2. The van der Waals surface area contributed by atoms with Gasteiger partial charge in [0, 0.05) is 29.5 Å². The van der Waals surface area contributed by atoms with Crippen LogP contribution in [0, 0.1) is 0 Å². The first-order valence-corrected chi connectivity index (χ1v) is 8.19. The van der Waals surface area contributed by atoms with Crippen molar-refractivity contribution >= 4 is 37.9 Å². The van der Waals surface area contributed by atoms with Gasteiger partial charge in [-0.2, -0.15) is 0 Å². The number of aromatic nitrogens is 2. The Morgan fingerprint density at radius 1 is 0.958 bits per heavy atom. The number of nitrogens with one attached hydrogen (secondary N) is 1. The zero-order valence-corrected chi connectivity index (χ0v) is 13.5. The molecule has 0 atom stereocenters. The summed E-state index contributed by atoms with van der Waals surface area (Å²) in [5, 5.41) is 5.17. The van der Waals surface area contributed by atoms with E-state index in [1.54, 1.807) is 12.4 Å². The molecule has 6 heteroatoms. The van der Waals surface area contributed by atoms with Gasteiger partial charge in [0.2, 0.25) is 5.88 Å². The van der Waals surface area contributed by atoms with Crippen LogP contribution in [0.25, 0.3) is 10.2 Å². The van der Waals surface area contributed by atoms with Crippen molar-refractivity contribution in [2.45, 2.75) is 0 Å². The summed E-state index contributed by atoms with van der Waals surface area (Å²) in [5.41, 5.74) is 7.81. The number of nitrogens with two attached hydrogens (primary N) is 1. The van der Waals surface area contributed by atoms with E-state index in [4.69, 9.17) is 10.5 Å². The maximum Gasteiger partial charge on any atom is 0.219 e. The van der Waals surface area contributed by atoms with Crippen molar-refractivity contribution in [3.8, 4) is 11.6 Å². The molecule has 1 aromatic carbocycles. The first kappa shape index (κ1) is 14.5. The van der Waals surface area contributed by atoms with Crippen molar-refractivity contribution in [2.24, 2.45) is 0 Å². The van der Waals surface area contributed by atoms with E-state index in [0.717, 1.165) is 32.3 Å². The third-order valence-electron chi connectivity index (χ3n) is 3.45. The predicted octanol–water partition coefficient (Wildman–Crippen LogP) is 4.81. The van der Waals surface area contributed by atoms with Crippen LogP contribution in [0.15, 0.2) is 67.0 Å². The van der Waals surface area contributed by atoms with Crippen LogP contribution in [0.5, 0.6) is 11.6 Å². The van der Waals surface area contributed by atoms with E-state index in [1.807, 2.05) is 54.6 Å². The lowest BCUT2D eigenvalue weighted by atomic mass is 10.2. The number of benzene rings is 1. The maximum atomic E-state index is 5.87. The smallest absolute Gasteiger partial charge is 0.219 e. The Kier molecular flexibility index (Phi) is 3.72. The lowest BCUT2D eigenvalue weighted by molar-refractivity contribution is 0.463. The summed E-state index contributed by atoms with van der Waals surface area (Å²) < 4.78 is 5.69. The van der Waals surface area contributed by atoms with E-state index in [-0.39, 0.29) is 0 Å². The average Bonchev–Trinajstić information content (AvgIpc) is 2.99. The Labute approximate surface area is 142 Å². The third-order valence-corrected chi connectivity index (χ3v) is 4.32. The third kappa shape index (κ3) is 3.00. The highest BCUT2D eigenvalue weighted by molar-refractivity contribution is 7.22. The average molecular weight is 334 g/mol. The van der Waals surface area contributed by atoms with Gasteiger partial charge in [0.05, 0.1) is 10.7 Å². The number of fused-ring (bicyclic) bond motifs is 1. The highest BCUT2D eigenvalue weighted by atomic mass is 32.1. The Morgan fingerprint density at radius 3 is 2.62 bits per heavy atom. The number of thiophene rings is 1. The van der Waals surface area contributed by atoms with E-state index in [9.17, 15) is 0 Å². The first-order chi connectivity index (χ1) is 11.8. The Balaban J connectivity index is 1.54. The second-order valence-electron chi connectivity index (χ2n) is 5.15. The number of hydrogen-bond donors (Lipinski definition) is 2. The minimum absolute atomic E-state index is 0.572. The number of nitrogen functional groups attached to an aromatic ring is 1. The summed E-state index contributed by atoms with van der Waals surface area (Å²) >= 11 is 1.48. The molecule has 3 heterocycles. The summed E-state index contributed by atoms with van der Waals surface area (Å²) in [4.78, 5) is 9.41. The molecule has 0 aliphatic rings. The Morgan fingerprint density at radius 2 is 1.83 bits per heavy atom. The van der Waals surface area contributed by atoms with Gasteiger partial charge in [0.1, 0.15) is 10.6 Å². The summed E-state index contributed by atoms with van der Waals surface area (Å²) in [5.74, 6) is 1.31. The van der Waals surface area contributed by atoms with Crippen LogP contribution in [0.3, 0.4) is 0 Å². The molecule has 0 aliphatic heterocycles. The van der Waals surface area contributed by atoms with Gasteiger partial charge < -0.3 is 15.8 Å². The standard InChI is InChI=1S/C18H14N4OS/c19-16-11-14-15(8-10-21-18(14)24-16)22-12-4-6-13(7-5-12)23-17-3-1-2-9-20-17/h1-11H,19H2,(H,21,22). The lowest BCUT2D eigenvalue weighted by Crippen LogP contribution is -1.92. The fraction of sp³-hybridized carbons (Fsp3) is 0. The largest absolute Gasteiger partial charge is 0.439 e. The predicted molar refractivity (Wildman–Crippen MR) is 98.1 cm³/mol. The molecule has 0 bridgehead atoms. The van der Waals surface area contributed by atoms with Crippen molar-refractivity contribution in [3.63, 3.8) is 0 Å². The topological polar surface area (TPSA) is 73.1 Å². The molecule has 24 heavy (non-hydrogen) atoms. The molecule has 0 unspecified atom stereocenters. The molecule has 0 spiro atoms. The van der Waals surface area contributed by atoms with E-state index < -0.39 is 0 Å². The van der Waals surface area contributed by atoms with E-state index in [2.05, 4.69) is 15.3 Å².